The van der Waals surface area contributed by atoms with E-state index in [-0.39, 0.29) is 0 Å². The van der Waals surface area contributed by atoms with Crippen LogP contribution in [0.25, 0.3) is 0 Å². The minimum atomic E-state index is 0.419. The fourth-order valence-corrected chi connectivity index (χ4v) is 4.02. The number of rotatable bonds is 8. The molecule has 0 atom stereocenters. The van der Waals surface area contributed by atoms with E-state index in [1.165, 1.54) is 25.7 Å². The van der Waals surface area contributed by atoms with Crippen LogP contribution >= 0.6 is 11.8 Å². The Morgan fingerprint density at radius 1 is 1.30 bits per heavy atom. The topological polar surface area (TPSA) is 90.3 Å². The van der Waals surface area contributed by atoms with Gasteiger partial charge in [0.1, 0.15) is 11.6 Å². The molecule has 2 aromatic rings. The molecule has 146 valence electrons. The van der Waals surface area contributed by atoms with Crippen LogP contribution in [0.2, 0.25) is 0 Å². The summed E-state index contributed by atoms with van der Waals surface area (Å²) in [5.41, 5.74) is 6.87. The zero-order chi connectivity index (χ0) is 19.1. The molecule has 1 aromatic carbocycles. The summed E-state index contributed by atoms with van der Waals surface area (Å²) in [6.07, 6.45) is 8.88. The summed E-state index contributed by atoms with van der Waals surface area (Å²) in [6, 6.07) is 8.15. The van der Waals surface area contributed by atoms with E-state index in [0.717, 1.165) is 35.3 Å². The first kappa shape index (κ1) is 19.5. The molecule has 1 aromatic heterocycles. The molecule has 8 heteroatoms. The number of ether oxygens (including phenoxy) is 1. The minimum absolute atomic E-state index is 0.419. The van der Waals surface area contributed by atoms with Crippen molar-refractivity contribution in [2.45, 2.75) is 49.7 Å². The molecule has 0 radical (unpaired) electrons. The Balaban J connectivity index is 1.51. The Hall–Kier alpha value is -2.22. The second kappa shape index (κ2) is 9.64. The molecule has 7 nitrogen and oxygen atoms in total. The average molecular weight is 389 g/mol. The Morgan fingerprint density at radius 2 is 2.04 bits per heavy atom. The van der Waals surface area contributed by atoms with E-state index in [9.17, 15) is 0 Å². The Morgan fingerprint density at radius 3 is 2.70 bits per heavy atom. The maximum absolute atomic E-state index is 5.98. The number of aromatic nitrogens is 3. The lowest BCUT2D eigenvalue weighted by Gasteiger charge is -2.16. The van der Waals surface area contributed by atoms with Gasteiger partial charge >= 0.3 is 0 Å². The summed E-state index contributed by atoms with van der Waals surface area (Å²) < 4.78 is 7.50. The third kappa shape index (κ3) is 5.15. The molecule has 3 N–H and O–H groups in total. The molecular weight excluding hydrogens is 360 g/mol. The highest BCUT2D eigenvalue weighted by molar-refractivity contribution is 7.98. The van der Waals surface area contributed by atoms with Gasteiger partial charge in [0, 0.05) is 24.7 Å². The van der Waals surface area contributed by atoms with Crippen LogP contribution in [0.1, 0.15) is 44.0 Å². The summed E-state index contributed by atoms with van der Waals surface area (Å²) in [4.78, 5) is 4.42. The number of aliphatic imine (C=N–C) groups is 1. The first-order valence-electron chi connectivity index (χ1n) is 9.40. The van der Waals surface area contributed by atoms with Crippen LogP contribution < -0.4 is 15.8 Å². The van der Waals surface area contributed by atoms with Gasteiger partial charge in [0.2, 0.25) is 0 Å². The highest BCUT2D eigenvalue weighted by Gasteiger charge is 2.23. The van der Waals surface area contributed by atoms with Crippen molar-refractivity contribution < 1.29 is 4.74 Å². The normalized spacial score (nSPS) is 15.3. The van der Waals surface area contributed by atoms with Gasteiger partial charge in [0.25, 0.3) is 0 Å². The standard InChI is InChI=1S/C19H28N6OS/c1-26-16-11-9-14(10-12-16)22-18(20)21-13-5-8-17-23-24-19(27-2)25(17)15-6-3-4-7-15/h9-12,15H,3-8,13H2,1-2H3,(H3,20,21,22). The summed E-state index contributed by atoms with van der Waals surface area (Å²) in [5.74, 6) is 2.30. The summed E-state index contributed by atoms with van der Waals surface area (Å²) in [6.45, 7) is 0.654. The number of nitrogens with one attached hydrogen (secondary N) is 1. The van der Waals surface area contributed by atoms with Crippen LogP contribution in [-0.4, -0.2) is 40.6 Å². The van der Waals surface area contributed by atoms with Gasteiger partial charge < -0.3 is 20.4 Å². The number of benzene rings is 1. The minimum Gasteiger partial charge on any atom is -0.497 e. The number of anilines is 1. The van der Waals surface area contributed by atoms with Gasteiger partial charge in [-0.05, 0) is 49.8 Å². The van der Waals surface area contributed by atoms with Crippen molar-refractivity contribution in [1.29, 1.82) is 0 Å². The molecule has 3 rings (SSSR count). The van der Waals surface area contributed by atoms with Gasteiger partial charge in [0.15, 0.2) is 11.1 Å². The molecule has 27 heavy (non-hydrogen) atoms. The monoisotopic (exact) mass is 388 g/mol. The first-order valence-corrected chi connectivity index (χ1v) is 10.6. The number of hydrogen-bond acceptors (Lipinski definition) is 5. The Labute approximate surface area is 164 Å². The Bertz CT molecular complexity index is 752. The van der Waals surface area contributed by atoms with Gasteiger partial charge in [-0.15, -0.1) is 10.2 Å². The molecular formula is C19H28N6OS. The largest absolute Gasteiger partial charge is 0.497 e. The zero-order valence-corrected chi connectivity index (χ0v) is 16.8. The van der Waals surface area contributed by atoms with Crippen molar-refractivity contribution in [3.8, 4) is 5.75 Å². The van der Waals surface area contributed by atoms with E-state index in [1.54, 1.807) is 18.9 Å². The highest BCUT2D eigenvalue weighted by Crippen LogP contribution is 2.33. The van der Waals surface area contributed by atoms with Gasteiger partial charge in [-0.1, -0.05) is 24.6 Å². The third-order valence-electron chi connectivity index (χ3n) is 4.81. The SMILES string of the molecule is COc1ccc(NC(N)=NCCCc2nnc(SC)n2C2CCCC2)cc1. The van der Waals surface area contributed by atoms with E-state index in [1.807, 2.05) is 24.3 Å². The number of nitrogens with zero attached hydrogens (tertiary/aromatic N) is 4. The Kier molecular flexibility index (Phi) is 6.98. The summed E-state index contributed by atoms with van der Waals surface area (Å²) in [5, 5.41) is 12.9. The summed E-state index contributed by atoms with van der Waals surface area (Å²) in [7, 11) is 1.65. The molecule has 1 aliphatic carbocycles. The van der Waals surface area contributed by atoms with Gasteiger partial charge in [-0.25, -0.2) is 0 Å². The van der Waals surface area contributed by atoms with Crippen LogP contribution in [0.15, 0.2) is 34.4 Å². The molecule has 0 aliphatic heterocycles. The predicted molar refractivity (Wildman–Crippen MR) is 111 cm³/mol. The highest BCUT2D eigenvalue weighted by atomic mass is 32.2. The number of methoxy groups -OCH3 is 1. The van der Waals surface area contributed by atoms with E-state index < -0.39 is 0 Å². The van der Waals surface area contributed by atoms with Crippen molar-refractivity contribution in [3.63, 3.8) is 0 Å². The molecule has 1 saturated carbocycles. The van der Waals surface area contributed by atoms with Crippen LogP contribution in [0.4, 0.5) is 5.69 Å². The number of hydrogen-bond donors (Lipinski definition) is 2. The van der Waals surface area contributed by atoms with E-state index >= 15 is 0 Å². The lowest BCUT2D eigenvalue weighted by Crippen LogP contribution is -2.22. The average Bonchev–Trinajstić information content (AvgIpc) is 3.35. The van der Waals surface area contributed by atoms with Crippen molar-refractivity contribution in [2.75, 3.05) is 25.2 Å². The van der Waals surface area contributed by atoms with Crippen LogP contribution in [0.5, 0.6) is 5.75 Å². The molecule has 1 heterocycles. The quantitative estimate of drug-likeness (QED) is 0.311. The predicted octanol–water partition coefficient (Wildman–Crippen LogP) is 3.48. The van der Waals surface area contributed by atoms with Crippen LogP contribution in [0.3, 0.4) is 0 Å². The van der Waals surface area contributed by atoms with Gasteiger partial charge in [-0.2, -0.15) is 0 Å². The number of thioether (sulfide) groups is 1. The number of guanidine groups is 1. The smallest absolute Gasteiger partial charge is 0.193 e. The van der Waals surface area contributed by atoms with E-state index in [0.29, 0.717) is 18.5 Å². The summed E-state index contributed by atoms with van der Waals surface area (Å²) >= 11 is 1.67. The lowest BCUT2D eigenvalue weighted by molar-refractivity contribution is 0.415. The van der Waals surface area contributed by atoms with Crippen molar-refractivity contribution in [1.82, 2.24) is 14.8 Å². The van der Waals surface area contributed by atoms with E-state index in [2.05, 4.69) is 31.3 Å². The fraction of sp³-hybridized carbons (Fsp3) is 0.526. The third-order valence-corrected chi connectivity index (χ3v) is 5.45. The lowest BCUT2D eigenvalue weighted by atomic mass is 10.2. The van der Waals surface area contributed by atoms with Crippen molar-refractivity contribution >= 4 is 23.4 Å². The molecule has 1 aliphatic rings. The molecule has 0 amide bonds. The van der Waals surface area contributed by atoms with Crippen LogP contribution in [-0.2, 0) is 6.42 Å². The fourth-order valence-electron chi connectivity index (χ4n) is 3.44. The first-order chi connectivity index (χ1) is 13.2. The van der Waals surface area contributed by atoms with Crippen molar-refractivity contribution in [2.24, 2.45) is 10.7 Å². The maximum Gasteiger partial charge on any atom is 0.193 e. The zero-order valence-electron chi connectivity index (χ0n) is 16.0. The molecule has 0 spiro atoms. The van der Waals surface area contributed by atoms with E-state index in [4.69, 9.17) is 10.5 Å². The molecule has 0 bridgehead atoms. The molecule has 0 unspecified atom stereocenters. The molecule has 0 saturated heterocycles. The maximum atomic E-state index is 5.98. The second-order valence-electron chi connectivity index (χ2n) is 6.64. The van der Waals surface area contributed by atoms with Gasteiger partial charge in [-0.3, -0.25) is 4.99 Å². The number of nitrogens with two attached hydrogens (primary N) is 1. The number of aryl methyl sites for hydroxylation is 1. The van der Waals surface area contributed by atoms with Crippen molar-refractivity contribution in [3.05, 3.63) is 30.1 Å². The second-order valence-corrected chi connectivity index (χ2v) is 7.41. The van der Waals surface area contributed by atoms with Gasteiger partial charge in [0.05, 0.1) is 7.11 Å². The van der Waals surface area contributed by atoms with Crippen LogP contribution in [0, 0.1) is 0 Å². The molecule has 1 fully saturated rings.